The van der Waals surface area contributed by atoms with E-state index in [0.717, 1.165) is 38.8 Å². The van der Waals surface area contributed by atoms with E-state index in [1.807, 2.05) is 24.3 Å². The van der Waals surface area contributed by atoms with Gasteiger partial charge in [-0.15, -0.1) is 22.7 Å². The summed E-state index contributed by atoms with van der Waals surface area (Å²) in [5.74, 6) is -6.88. The van der Waals surface area contributed by atoms with Crippen molar-refractivity contribution < 1.29 is 47.0 Å². The van der Waals surface area contributed by atoms with Crippen molar-refractivity contribution >= 4 is 106 Å². The minimum Gasteiger partial charge on any atom is -0.478 e. The standard InChI is InChI=1S/C19H11BrN2O4S.C19H9ClF2N2O4S/c20-11-7-5-10(6-8-11)12-9-27-18(15(12)19(24)25)22-16(23)17-21-13-3-1-2-4-14(13)26-17;20-10-6-5-8(14(21)15(10)22)9-7-29-18(13(9)19(26)27)24-16(25)17-23-11-3-1-2-4-12(11)28-17/h1-9H,(H,22,23)(H,24,25);1-7H,(H,24,25)(H,26,27). The predicted octanol–water partition coefficient (Wildman–Crippen LogP) is 10.7. The fourth-order valence-electron chi connectivity index (χ4n) is 5.35. The van der Waals surface area contributed by atoms with Crippen molar-refractivity contribution in [2.75, 3.05) is 10.6 Å². The fourth-order valence-corrected chi connectivity index (χ4v) is 7.66. The first-order valence-corrected chi connectivity index (χ1v) is 18.8. The third-order valence-corrected chi connectivity index (χ3v) is 10.5. The number of aromatic carboxylic acids is 2. The Balaban J connectivity index is 0.000000172. The summed E-state index contributed by atoms with van der Waals surface area (Å²) in [7, 11) is 0. The highest BCUT2D eigenvalue weighted by molar-refractivity contribution is 9.10. The van der Waals surface area contributed by atoms with Crippen molar-refractivity contribution in [1.82, 2.24) is 9.97 Å². The van der Waals surface area contributed by atoms with Gasteiger partial charge in [0, 0.05) is 31.9 Å². The van der Waals surface area contributed by atoms with Gasteiger partial charge < -0.3 is 29.7 Å². The zero-order chi connectivity index (χ0) is 39.7. The number of rotatable bonds is 8. The molecule has 0 aliphatic heterocycles. The summed E-state index contributed by atoms with van der Waals surface area (Å²) < 4.78 is 39.8. The monoisotopic (exact) mass is 876 g/mol. The van der Waals surface area contributed by atoms with Gasteiger partial charge in [-0.1, -0.05) is 63.9 Å². The number of amides is 2. The third-order valence-electron chi connectivity index (χ3n) is 7.92. The molecule has 4 aromatic heterocycles. The molecule has 12 nitrogen and oxygen atoms in total. The number of para-hydroxylation sites is 4. The third kappa shape index (κ3) is 7.65. The van der Waals surface area contributed by atoms with E-state index < -0.39 is 40.4 Å². The summed E-state index contributed by atoms with van der Waals surface area (Å²) in [4.78, 5) is 56.7. The van der Waals surface area contributed by atoms with Gasteiger partial charge in [0.2, 0.25) is 0 Å². The first-order valence-electron chi connectivity index (χ1n) is 15.8. The highest BCUT2D eigenvalue weighted by Gasteiger charge is 2.27. The maximum absolute atomic E-state index is 14.3. The van der Waals surface area contributed by atoms with Gasteiger partial charge in [0.25, 0.3) is 11.8 Å². The van der Waals surface area contributed by atoms with Crippen LogP contribution in [0.1, 0.15) is 42.1 Å². The number of carbonyl (C=O) groups excluding carboxylic acids is 2. The van der Waals surface area contributed by atoms with Crippen LogP contribution in [0.4, 0.5) is 18.8 Å². The number of anilines is 2. The Kier molecular flexibility index (Phi) is 10.8. The Morgan fingerprint density at radius 2 is 1.12 bits per heavy atom. The lowest BCUT2D eigenvalue weighted by Crippen LogP contribution is -2.14. The number of halogens is 4. The average Bonchev–Trinajstić information content (AvgIpc) is 3.99. The van der Waals surface area contributed by atoms with Crippen LogP contribution in [0.2, 0.25) is 5.02 Å². The number of carboxylic acids is 2. The molecule has 8 rings (SSSR count). The van der Waals surface area contributed by atoms with E-state index in [1.54, 1.807) is 53.9 Å². The van der Waals surface area contributed by atoms with Gasteiger partial charge in [-0.05, 0) is 54.1 Å². The van der Waals surface area contributed by atoms with E-state index in [0.29, 0.717) is 27.8 Å². The molecule has 0 radical (unpaired) electrons. The van der Waals surface area contributed by atoms with Crippen LogP contribution in [0.5, 0.6) is 0 Å². The normalized spacial score (nSPS) is 10.9. The van der Waals surface area contributed by atoms with Gasteiger partial charge in [0.1, 0.15) is 32.2 Å². The maximum Gasteiger partial charge on any atom is 0.339 e. The quantitative estimate of drug-likeness (QED) is 0.107. The van der Waals surface area contributed by atoms with Gasteiger partial charge in [-0.2, -0.15) is 0 Å². The summed E-state index contributed by atoms with van der Waals surface area (Å²) in [6.45, 7) is 0. The summed E-state index contributed by atoms with van der Waals surface area (Å²) in [5.41, 5.74) is 2.44. The van der Waals surface area contributed by atoms with E-state index >= 15 is 0 Å². The van der Waals surface area contributed by atoms with Crippen molar-refractivity contribution in [3.8, 4) is 22.3 Å². The van der Waals surface area contributed by atoms with Crippen molar-refractivity contribution in [1.29, 1.82) is 0 Å². The lowest BCUT2D eigenvalue weighted by atomic mass is 10.0. The SMILES string of the molecule is O=C(Nc1scc(-c2ccc(Br)cc2)c1C(=O)O)c1nc2ccccc2o1.O=C(Nc1scc(-c2ccc(Cl)c(F)c2F)c1C(=O)O)c1nc2ccccc2o1. The van der Waals surface area contributed by atoms with Crippen LogP contribution in [-0.4, -0.2) is 43.9 Å². The average molecular weight is 878 g/mol. The van der Waals surface area contributed by atoms with Crippen molar-refractivity contribution in [2.24, 2.45) is 0 Å². The lowest BCUT2D eigenvalue weighted by Gasteiger charge is -2.07. The van der Waals surface area contributed by atoms with Gasteiger partial charge >= 0.3 is 23.8 Å². The molecular weight excluding hydrogens is 858 g/mol. The molecule has 18 heteroatoms. The maximum atomic E-state index is 14.3. The Bertz CT molecular complexity index is 2770. The Labute approximate surface area is 334 Å². The number of carboxylic acid groups (broad SMARTS) is 2. The van der Waals surface area contributed by atoms with Crippen LogP contribution in [0.15, 0.2) is 109 Å². The lowest BCUT2D eigenvalue weighted by molar-refractivity contribution is 0.0688. The molecule has 0 unspecified atom stereocenters. The summed E-state index contributed by atoms with van der Waals surface area (Å²) in [6.07, 6.45) is 0. The second kappa shape index (κ2) is 15.8. The number of nitrogens with zero attached hydrogens (tertiary/aromatic N) is 2. The van der Waals surface area contributed by atoms with Crippen LogP contribution in [-0.2, 0) is 0 Å². The van der Waals surface area contributed by atoms with Crippen LogP contribution in [0.25, 0.3) is 44.5 Å². The van der Waals surface area contributed by atoms with Crippen LogP contribution in [0.3, 0.4) is 0 Å². The Morgan fingerprint density at radius 3 is 1.62 bits per heavy atom. The van der Waals surface area contributed by atoms with Gasteiger partial charge in [-0.25, -0.2) is 28.3 Å². The molecule has 0 atom stereocenters. The fraction of sp³-hybridized carbons (Fsp3) is 0. The molecule has 280 valence electrons. The number of thiophene rings is 2. The number of nitrogens with one attached hydrogen (secondary N) is 2. The molecule has 2 amide bonds. The number of oxazole rings is 2. The molecular formula is C38H20BrClF2N4O8S2. The first-order chi connectivity index (χ1) is 26.9. The van der Waals surface area contributed by atoms with Gasteiger partial charge in [-0.3, -0.25) is 9.59 Å². The van der Waals surface area contributed by atoms with E-state index in [-0.39, 0.29) is 44.0 Å². The van der Waals surface area contributed by atoms with Crippen molar-refractivity contribution in [3.05, 3.63) is 140 Å². The Hall–Kier alpha value is -6.27. The van der Waals surface area contributed by atoms with Crippen molar-refractivity contribution in [2.45, 2.75) is 0 Å². The van der Waals surface area contributed by atoms with Crippen LogP contribution < -0.4 is 10.6 Å². The second-order valence-corrected chi connectivity index (χ2v) is 14.5. The molecule has 0 saturated carbocycles. The topological polar surface area (TPSA) is 185 Å². The zero-order valence-electron chi connectivity index (χ0n) is 27.8. The number of carbonyl (C=O) groups is 4. The molecule has 0 aliphatic rings. The molecule has 4 aromatic carbocycles. The van der Waals surface area contributed by atoms with E-state index in [4.69, 9.17) is 20.4 Å². The smallest absolute Gasteiger partial charge is 0.339 e. The minimum atomic E-state index is -1.43. The zero-order valence-corrected chi connectivity index (χ0v) is 31.8. The molecule has 4 N–H and O–H groups in total. The predicted molar refractivity (Wildman–Crippen MR) is 210 cm³/mol. The first kappa shape index (κ1) is 38.0. The minimum absolute atomic E-state index is 0.0341. The molecule has 0 saturated heterocycles. The van der Waals surface area contributed by atoms with E-state index in [2.05, 4.69) is 36.5 Å². The molecule has 0 bridgehead atoms. The second-order valence-electron chi connectivity index (χ2n) is 11.4. The number of aromatic nitrogens is 2. The number of fused-ring (bicyclic) bond motifs is 2. The van der Waals surface area contributed by atoms with Crippen LogP contribution in [0, 0.1) is 11.6 Å². The highest BCUT2D eigenvalue weighted by atomic mass is 79.9. The summed E-state index contributed by atoms with van der Waals surface area (Å²) in [5, 5.41) is 27.0. The molecule has 0 spiro atoms. The van der Waals surface area contributed by atoms with E-state index in [9.17, 15) is 38.2 Å². The number of hydrogen-bond acceptors (Lipinski definition) is 10. The molecule has 4 heterocycles. The van der Waals surface area contributed by atoms with Crippen LogP contribution >= 0.6 is 50.2 Å². The van der Waals surface area contributed by atoms with Gasteiger partial charge in [0.15, 0.2) is 22.8 Å². The molecule has 56 heavy (non-hydrogen) atoms. The Morgan fingerprint density at radius 1 is 0.643 bits per heavy atom. The summed E-state index contributed by atoms with van der Waals surface area (Å²) >= 11 is 10.9. The molecule has 0 fully saturated rings. The number of benzene rings is 4. The highest BCUT2D eigenvalue weighted by Crippen LogP contribution is 2.39. The summed E-state index contributed by atoms with van der Waals surface area (Å²) in [6, 6.07) is 23.3. The molecule has 0 aliphatic carbocycles. The van der Waals surface area contributed by atoms with Crippen molar-refractivity contribution in [3.63, 3.8) is 0 Å². The largest absolute Gasteiger partial charge is 0.478 e. The number of hydrogen-bond donors (Lipinski definition) is 4. The molecule has 8 aromatic rings. The van der Waals surface area contributed by atoms with E-state index in [1.165, 1.54) is 11.4 Å². The van der Waals surface area contributed by atoms with Gasteiger partial charge in [0.05, 0.1) is 5.02 Å².